The van der Waals surface area contributed by atoms with Gasteiger partial charge in [0.15, 0.2) is 0 Å². The fourth-order valence-corrected chi connectivity index (χ4v) is 1.58. The minimum atomic E-state index is 0.668. The van der Waals surface area contributed by atoms with Gasteiger partial charge in [0.1, 0.15) is 12.4 Å². The zero-order valence-corrected chi connectivity index (χ0v) is 10.5. The summed E-state index contributed by atoms with van der Waals surface area (Å²) in [6.07, 6.45) is 1.39. The average molecular weight is 236 g/mol. The van der Waals surface area contributed by atoms with Crippen LogP contribution in [-0.2, 0) is 0 Å². The van der Waals surface area contributed by atoms with E-state index in [-0.39, 0.29) is 0 Å². The minimum Gasteiger partial charge on any atom is -0.492 e. The van der Waals surface area contributed by atoms with Crippen molar-refractivity contribution in [3.63, 3.8) is 0 Å². The summed E-state index contributed by atoms with van der Waals surface area (Å²) in [6, 6.07) is 7.49. The smallest absolute Gasteiger partial charge is 0.120 e. The van der Waals surface area contributed by atoms with E-state index in [1.54, 1.807) is 0 Å². The first-order chi connectivity index (χ1) is 8.30. The molecule has 17 heavy (non-hydrogen) atoms. The molecule has 0 aliphatic heterocycles. The molecule has 0 unspecified atom stereocenters. The maximum absolute atomic E-state index is 8.45. The molecule has 0 radical (unpaired) electrons. The van der Waals surface area contributed by atoms with Gasteiger partial charge in [0.2, 0.25) is 0 Å². The highest BCUT2D eigenvalue weighted by Gasteiger charge is 2.00. The second-order valence-corrected chi connectivity index (χ2v) is 3.69. The van der Waals surface area contributed by atoms with Crippen molar-refractivity contribution in [2.75, 3.05) is 26.2 Å². The van der Waals surface area contributed by atoms with Crippen LogP contribution in [0.1, 0.15) is 19.4 Å². The van der Waals surface area contributed by atoms with Gasteiger partial charge in [-0.3, -0.25) is 0 Å². The van der Waals surface area contributed by atoms with Gasteiger partial charge in [-0.15, -0.1) is 0 Å². The molecule has 94 valence electrons. The van der Waals surface area contributed by atoms with Crippen molar-refractivity contribution in [3.8, 4) is 5.75 Å². The first-order valence-corrected chi connectivity index (χ1v) is 5.92. The zero-order valence-electron chi connectivity index (χ0n) is 10.5. The maximum atomic E-state index is 8.45. The molecule has 0 saturated carbocycles. The van der Waals surface area contributed by atoms with Gasteiger partial charge in [0, 0.05) is 6.54 Å². The van der Waals surface area contributed by atoms with Crippen LogP contribution in [0.25, 0.3) is 0 Å². The van der Waals surface area contributed by atoms with Crippen molar-refractivity contribution in [1.82, 2.24) is 4.90 Å². The molecule has 0 spiro atoms. The van der Waals surface area contributed by atoms with Crippen molar-refractivity contribution >= 4 is 6.21 Å². The standard InChI is InChI=1S/C13H20N2O2/c1-3-15(4-2)8-9-17-13-7-5-6-12(10-13)11-14-16/h5-7,10-11,16H,3-4,8-9H2,1-2H3/b14-11-. The number of oxime groups is 1. The molecule has 0 fully saturated rings. The van der Waals surface area contributed by atoms with E-state index in [1.165, 1.54) is 6.21 Å². The van der Waals surface area contributed by atoms with Crippen LogP contribution in [-0.4, -0.2) is 42.6 Å². The van der Waals surface area contributed by atoms with Gasteiger partial charge in [-0.25, -0.2) is 0 Å². The van der Waals surface area contributed by atoms with E-state index in [4.69, 9.17) is 9.94 Å². The monoisotopic (exact) mass is 236 g/mol. The number of likely N-dealkylation sites (N-methyl/N-ethyl adjacent to an activating group) is 1. The molecule has 0 aliphatic rings. The Bertz CT molecular complexity index is 349. The summed E-state index contributed by atoms with van der Waals surface area (Å²) in [5.74, 6) is 0.801. The van der Waals surface area contributed by atoms with E-state index < -0.39 is 0 Å². The van der Waals surface area contributed by atoms with Crippen LogP contribution in [0.5, 0.6) is 5.75 Å². The molecule has 0 heterocycles. The van der Waals surface area contributed by atoms with Gasteiger partial charge in [-0.2, -0.15) is 0 Å². The number of hydrogen-bond acceptors (Lipinski definition) is 4. The summed E-state index contributed by atoms with van der Waals surface area (Å²) >= 11 is 0. The topological polar surface area (TPSA) is 45.1 Å². The van der Waals surface area contributed by atoms with Crippen molar-refractivity contribution in [3.05, 3.63) is 29.8 Å². The normalized spacial score (nSPS) is 11.2. The Morgan fingerprint density at radius 3 is 2.76 bits per heavy atom. The molecule has 4 nitrogen and oxygen atoms in total. The Morgan fingerprint density at radius 1 is 1.35 bits per heavy atom. The van der Waals surface area contributed by atoms with Gasteiger partial charge in [0.05, 0.1) is 6.21 Å². The summed E-state index contributed by atoms with van der Waals surface area (Å²) in [7, 11) is 0. The molecule has 0 atom stereocenters. The van der Waals surface area contributed by atoms with Gasteiger partial charge in [0.25, 0.3) is 0 Å². The van der Waals surface area contributed by atoms with Gasteiger partial charge < -0.3 is 14.8 Å². The third kappa shape index (κ3) is 4.87. The van der Waals surface area contributed by atoms with Crippen molar-refractivity contribution in [1.29, 1.82) is 0 Å². The molecule has 1 rings (SSSR count). The molecule has 0 saturated heterocycles. The first-order valence-electron chi connectivity index (χ1n) is 5.92. The molecular weight excluding hydrogens is 216 g/mol. The van der Waals surface area contributed by atoms with Gasteiger partial charge in [-0.05, 0) is 30.8 Å². The molecule has 0 aliphatic carbocycles. The number of ether oxygens (including phenoxy) is 1. The zero-order chi connectivity index (χ0) is 12.5. The van der Waals surface area contributed by atoms with Crippen LogP contribution in [0.15, 0.2) is 29.4 Å². The minimum absolute atomic E-state index is 0.668. The molecule has 4 heteroatoms. The van der Waals surface area contributed by atoms with Crippen molar-refractivity contribution < 1.29 is 9.94 Å². The Kier molecular flexibility index (Phi) is 6.10. The summed E-state index contributed by atoms with van der Waals surface area (Å²) in [5, 5.41) is 11.4. The quantitative estimate of drug-likeness (QED) is 0.448. The second-order valence-electron chi connectivity index (χ2n) is 3.69. The molecule has 0 amide bonds. The fraction of sp³-hybridized carbons (Fsp3) is 0.462. The van der Waals surface area contributed by atoms with Crippen LogP contribution in [0.3, 0.4) is 0 Å². The molecule has 0 bridgehead atoms. The van der Waals surface area contributed by atoms with Crippen LogP contribution >= 0.6 is 0 Å². The Balaban J connectivity index is 2.43. The highest BCUT2D eigenvalue weighted by Crippen LogP contribution is 2.11. The van der Waals surface area contributed by atoms with E-state index in [2.05, 4.69) is 23.9 Å². The molecule has 0 aromatic heterocycles. The van der Waals surface area contributed by atoms with Crippen molar-refractivity contribution in [2.45, 2.75) is 13.8 Å². The summed E-state index contributed by atoms with van der Waals surface area (Å²) < 4.78 is 5.64. The molecule has 1 aromatic rings. The third-order valence-electron chi connectivity index (χ3n) is 2.64. The lowest BCUT2D eigenvalue weighted by atomic mass is 10.2. The predicted octanol–water partition coefficient (Wildman–Crippen LogP) is 2.22. The molecule has 1 aromatic carbocycles. The highest BCUT2D eigenvalue weighted by atomic mass is 16.5. The average Bonchev–Trinajstić information content (AvgIpc) is 2.36. The van der Waals surface area contributed by atoms with Crippen molar-refractivity contribution in [2.24, 2.45) is 5.16 Å². The Hall–Kier alpha value is -1.55. The highest BCUT2D eigenvalue weighted by molar-refractivity contribution is 5.79. The maximum Gasteiger partial charge on any atom is 0.120 e. The number of nitrogens with zero attached hydrogens (tertiary/aromatic N) is 2. The van der Waals surface area contributed by atoms with Crippen LogP contribution in [0.2, 0.25) is 0 Å². The third-order valence-corrected chi connectivity index (χ3v) is 2.64. The second kappa shape index (κ2) is 7.68. The van der Waals surface area contributed by atoms with Crippen LogP contribution in [0, 0.1) is 0 Å². The Labute approximate surface area is 103 Å². The largest absolute Gasteiger partial charge is 0.492 e. The summed E-state index contributed by atoms with van der Waals surface area (Å²) in [4.78, 5) is 2.30. The predicted molar refractivity (Wildman–Crippen MR) is 69.1 cm³/mol. The summed E-state index contributed by atoms with van der Waals surface area (Å²) in [5.41, 5.74) is 0.827. The number of rotatable bonds is 7. The summed E-state index contributed by atoms with van der Waals surface area (Å²) in [6.45, 7) is 7.95. The van der Waals surface area contributed by atoms with Gasteiger partial charge >= 0.3 is 0 Å². The SMILES string of the molecule is CCN(CC)CCOc1cccc(/C=N\O)c1. The fourth-order valence-electron chi connectivity index (χ4n) is 1.58. The lowest BCUT2D eigenvalue weighted by molar-refractivity contribution is 0.223. The number of hydrogen-bond donors (Lipinski definition) is 1. The van der Waals surface area contributed by atoms with E-state index >= 15 is 0 Å². The van der Waals surface area contributed by atoms with Crippen LogP contribution < -0.4 is 4.74 Å². The van der Waals surface area contributed by atoms with Crippen LogP contribution in [0.4, 0.5) is 0 Å². The molecule has 1 N–H and O–H groups in total. The molecular formula is C13H20N2O2. The lowest BCUT2D eigenvalue weighted by Crippen LogP contribution is -2.27. The lowest BCUT2D eigenvalue weighted by Gasteiger charge is -2.18. The first kappa shape index (κ1) is 13.5. The van der Waals surface area contributed by atoms with E-state index in [0.717, 1.165) is 30.9 Å². The number of benzene rings is 1. The van der Waals surface area contributed by atoms with E-state index in [1.807, 2.05) is 24.3 Å². The van der Waals surface area contributed by atoms with E-state index in [0.29, 0.717) is 6.61 Å². The van der Waals surface area contributed by atoms with E-state index in [9.17, 15) is 0 Å². The van der Waals surface area contributed by atoms with Gasteiger partial charge in [-0.1, -0.05) is 31.1 Å². The Morgan fingerprint density at radius 2 is 2.12 bits per heavy atom.